The summed E-state index contributed by atoms with van der Waals surface area (Å²) in [5.41, 5.74) is 3.12. The van der Waals surface area contributed by atoms with Gasteiger partial charge in [0.15, 0.2) is 0 Å². The molecular weight excluding hydrogens is 364 g/mol. The quantitative estimate of drug-likeness (QED) is 0.746. The van der Waals surface area contributed by atoms with Gasteiger partial charge in [0.2, 0.25) is 5.88 Å². The maximum absolute atomic E-state index is 12.6. The number of para-hydroxylation sites is 1. The van der Waals surface area contributed by atoms with E-state index in [2.05, 4.69) is 4.99 Å². The van der Waals surface area contributed by atoms with Crippen LogP contribution in [0.15, 0.2) is 52.3 Å². The van der Waals surface area contributed by atoms with Gasteiger partial charge in [0.25, 0.3) is 0 Å². The topological polar surface area (TPSA) is 73.0 Å². The van der Waals surface area contributed by atoms with Crippen LogP contribution < -0.4 is 14.3 Å². The highest BCUT2D eigenvalue weighted by Gasteiger charge is 2.19. The predicted molar refractivity (Wildman–Crippen MR) is 107 cm³/mol. The van der Waals surface area contributed by atoms with Crippen LogP contribution in [-0.2, 0) is 0 Å². The molecule has 1 aliphatic rings. The monoisotopic (exact) mass is 380 g/mol. The molecule has 2 heterocycles. The Bertz CT molecular complexity index is 1140. The van der Waals surface area contributed by atoms with Gasteiger partial charge in [0.05, 0.1) is 30.5 Å². The molecule has 0 bridgehead atoms. The molecule has 0 amide bonds. The summed E-state index contributed by atoms with van der Waals surface area (Å²) in [6.07, 6.45) is 3.50. The van der Waals surface area contributed by atoms with E-state index in [0.717, 1.165) is 28.2 Å². The van der Waals surface area contributed by atoms with Crippen molar-refractivity contribution in [1.82, 2.24) is 4.57 Å². The Kier molecular flexibility index (Phi) is 4.29. The number of aliphatic imine (C=N–C) groups is 1. The minimum Gasteiger partial charge on any atom is -0.497 e. The summed E-state index contributed by atoms with van der Waals surface area (Å²) in [6, 6.07) is 12.8. The summed E-state index contributed by atoms with van der Waals surface area (Å²) in [5.74, 6) is 0.884. The number of methoxy groups -OCH3 is 2. The van der Waals surface area contributed by atoms with Crippen molar-refractivity contribution in [2.75, 3.05) is 14.2 Å². The van der Waals surface area contributed by atoms with Crippen molar-refractivity contribution < 1.29 is 14.6 Å². The molecular formula is C20H16N2O4S. The van der Waals surface area contributed by atoms with Gasteiger partial charge in [-0.25, -0.2) is 4.57 Å². The molecule has 0 spiro atoms. The molecule has 3 aromatic rings. The summed E-state index contributed by atoms with van der Waals surface area (Å²) in [6.45, 7) is 0. The second kappa shape index (κ2) is 6.77. The predicted octanol–water partition coefficient (Wildman–Crippen LogP) is 3.88. The fraction of sp³-hybridized carbons (Fsp3) is 0.100. The summed E-state index contributed by atoms with van der Waals surface area (Å²) in [4.78, 5) is 17.1. The zero-order valence-electron chi connectivity index (χ0n) is 14.7. The Hall–Kier alpha value is -3.32. The number of nitrogens with zero attached hydrogens (tertiary/aromatic N) is 2. The van der Waals surface area contributed by atoms with Crippen LogP contribution in [0.2, 0.25) is 0 Å². The third-order valence-electron chi connectivity index (χ3n) is 4.28. The van der Waals surface area contributed by atoms with E-state index < -0.39 is 0 Å². The van der Waals surface area contributed by atoms with Crippen LogP contribution >= 0.6 is 11.3 Å². The van der Waals surface area contributed by atoms with Gasteiger partial charge in [0, 0.05) is 23.4 Å². The maximum Gasteiger partial charge on any atom is 0.315 e. The second-order valence-corrected chi connectivity index (χ2v) is 6.80. The van der Waals surface area contributed by atoms with Crippen LogP contribution in [0.3, 0.4) is 0 Å². The van der Waals surface area contributed by atoms with Crippen LogP contribution in [0, 0.1) is 0 Å². The highest BCUT2D eigenvalue weighted by Crippen LogP contribution is 2.36. The molecule has 1 N–H and O–H groups in total. The van der Waals surface area contributed by atoms with Crippen molar-refractivity contribution in [2.24, 2.45) is 4.99 Å². The number of aromatic hydroxyl groups is 1. The van der Waals surface area contributed by atoms with Crippen LogP contribution in [0.5, 0.6) is 17.4 Å². The summed E-state index contributed by atoms with van der Waals surface area (Å²) < 4.78 is 11.8. The first kappa shape index (κ1) is 17.1. The van der Waals surface area contributed by atoms with Crippen LogP contribution in [0.1, 0.15) is 10.4 Å². The fourth-order valence-electron chi connectivity index (χ4n) is 2.95. The van der Waals surface area contributed by atoms with Crippen LogP contribution in [0.25, 0.3) is 17.3 Å². The minimum absolute atomic E-state index is 0.140. The Morgan fingerprint density at radius 3 is 2.74 bits per heavy atom. The Morgan fingerprint density at radius 2 is 1.96 bits per heavy atom. The Morgan fingerprint density at radius 1 is 1.15 bits per heavy atom. The molecule has 0 radical (unpaired) electrons. The summed E-state index contributed by atoms with van der Waals surface area (Å²) in [7, 11) is 3.05. The number of ether oxygens (including phenoxy) is 2. The summed E-state index contributed by atoms with van der Waals surface area (Å²) in [5, 5.41) is 10.7. The smallest absolute Gasteiger partial charge is 0.315 e. The van der Waals surface area contributed by atoms with E-state index in [9.17, 15) is 9.90 Å². The molecule has 0 saturated heterocycles. The van der Waals surface area contributed by atoms with Gasteiger partial charge in [-0.15, -0.1) is 0 Å². The van der Waals surface area contributed by atoms with E-state index in [1.54, 1.807) is 37.6 Å². The molecule has 7 heteroatoms. The Balaban J connectivity index is 1.82. The zero-order chi connectivity index (χ0) is 19.0. The van der Waals surface area contributed by atoms with Gasteiger partial charge in [-0.1, -0.05) is 29.5 Å². The molecule has 1 aliphatic heterocycles. The third-order valence-corrected chi connectivity index (χ3v) is 5.16. The van der Waals surface area contributed by atoms with Gasteiger partial charge in [0.1, 0.15) is 11.5 Å². The molecule has 1 aromatic heterocycles. The molecule has 0 atom stereocenters. The Labute approximate surface area is 159 Å². The third kappa shape index (κ3) is 2.92. The number of thiazole rings is 1. The molecule has 2 aromatic carbocycles. The normalized spacial score (nSPS) is 13.8. The van der Waals surface area contributed by atoms with Crippen molar-refractivity contribution in [3.05, 3.63) is 62.6 Å². The number of aromatic nitrogens is 1. The number of hydrogen-bond acceptors (Lipinski definition) is 6. The van der Waals surface area contributed by atoms with Crippen LogP contribution in [0.4, 0.5) is 5.69 Å². The average Bonchev–Trinajstić information content (AvgIpc) is 3.22. The first-order chi connectivity index (χ1) is 13.1. The van der Waals surface area contributed by atoms with Gasteiger partial charge < -0.3 is 14.6 Å². The van der Waals surface area contributed by atoms with Gasteiger partial charge in [-0.2, -0.15) is 0 Å². The zero-order valence-corrected chi connectivity index (χ0v) is 15.5. The average molecular weight is 380 g/mol. The number of allylic oxidation sites excluding steroid dienone is 1. The lowest BCUT2D eigenvalue weighted by molar-refractivity contribution is 0.389. The molecule has 0 saturated carbocycles. The van der Waals surface area contributed by atoms with Crippen LogP contribution in [-0.4, -0.2) is 30.1 Å². The van der Waals surface area contributed by atoms with Crippen molar-refractivity contribution >= 4 is 34.9 Å². The molecule has 136 valence electrons. The molecule has 0 fully saturated rings. The number of fused-ring (bicyclic) bond motifs is 1. The lowest BCUT2D eigenvalue weighted by Gasteiger charge is -2.11. The fourth-order valence-corrected chi connectivity index (χ4v) is 3.79. The van der Waals surface area contributed by atoms with Crippen molar-refractivity contribution in [3.8, 4) is 23.1 Å². The van der Waals surface area contributed by atoms with Crippen molar-refractivity contribution in [2.45, 2.75) is 0 Å². The van der Waals surface area contributed by atoms with Gasteiger partial charge in [-0.05, 0) is 24.3 Å². The molecule has 27 heavy (non-hydrogen) atoms. The van der Waals surface area contributed by atoms with E-state index in [1.807, 2.05) is 24.3 Å². The van der Waals surface area contributed by atoms with Gasteiger partial charge in [-0.3, -0.25) is 9.79 Å². The van der Waals surface area contributed by atoms with Gasteiger partial charge >= 0.3 is 4.87 Å². The maximum atomic E-state index is 12.6. The SMILES string of the molecule is COc1ccc(-n2c(O)c(/C=C3\C=Nc4ccccc43)sc2=O)c(OC)c1. The van der Waals surface area contributed by atoms with E-state index in [1.165, 1.54) is 11.7 Å². The lowest BCUT2D eigenvalue weighted by Crippen LogP contribution is -2.11. The molecule has 0 unspecified atom stereocenters. The highest BCUT2D eigenvalue weighted by molar-refractivity contribution is 7.10. The number of benzene rings is 2. The highest BCUT2D eigenvalue weighted by atomic mass is 32.1. The first-order valence-electron chi connectivity index (χ1n) is 8.14. The second-order valence-electron chi connectivity index (χ2n) is 5.80. The number of rotatable bonds is 4. The molecule has 6 nitrogen and oxygen atoms in total. The minimum atomic E-state index is -0.314. The van der Waals surface area contributed by atoms with Crippen molar-refractivity contribution in [1.29, 1.82) is 0 Å². The van der Waals surface area contributed by atoms with Crippen molar-refractivity contribution in [3.63, 3.8) is 0 Å². The lowest BCUT2D eigenvalue weighted by atomic mass is 10.1. The summed E-state index contributed by atoms with van der Waals surface area (Å²) >= 11 is 0.959. The first-order valence-corrected chi connectivity index (χ1v) is 8.96. The van der Waals surface area contributed by atoms with E-state index in [-0.39, 0.29) is 10.8 Å². The molecule has 4 rings (SSSR count). The van der Waals surface area contributed by atoms with E-state index in [4.69, 9.17) is 9.47 Å². The molecule has 0 aliphatic carbocycles. The number of hydrogen-bond donors (Lipinski definition) is 1. The van der Waals surface area contributed by atoms with E-state index in [0.29, 0.717) is 22.1 Å². The largest absolute Gasteiger partial charge is 0.497 e. The standard InChI is InChI=1S/C20H16N2O4S/c1-25-13-7-8-16(17(10-13)26-2)22-19(23)18(27-20(22)24)9-12-11-21-15-6-4-3-5-14(12)15/h3-11,23H,1-2H3/b12-9+. The van der Waals surface area contributed by atoms with E-state index >= 15 is 0 Å².